The average Bonchev–Trinajstić information content (AvgIpc) is 3.37. The van der Waals surface area contributed by atoms with Crippen LogP contribution in [-0.2, 0) is 11.2 Å². The van der Waals surface area contributed by atoms with E-state index in [1.54, 1.807) is 6.07 Å². The molecule has 0 saturated carbocycles. The third-order valence-corrected chi connectivity index (χ3v) is 7.67. The fourth-order valence-corrected chi connectivity index (χ4v) is 5.95. The molecule has 33 heavy (non-hydrogen) atoms. The lowest BCUT2D eigenvalue weighted by Crippen LogP contribution is -2.36. The van der Waals surface area contributed by atoms with E-state index in [2.05, 4.69) is 23.3 Å². The number of halogens is 1. The first-order valence-corrected chi connectivity index (χ1v) is 12.3. The van der Waals surface area contributed by atoms with Gasteiger partial charge in [-0.1, -0.05) is 30.0 Å². The van der Waals surface area contributed by atoms with Gasteiger partial charge in [0.15, 0.2) is 4.34 Å². The summed E-state index contributed by atoms with van der Waals surface area (Å²) in [7, 11) is 0. The fraction of sp³-hybridized carbons (Fsp3) is 0.160. The van der Waals surface area contributed by atoms with Crippen molar-refractivity contribution >= 4 is 56.5 Å². The van der Waals surface area contributed by atoms with Crippen LogP contribution in [0.4, 0.5) is 15.8 Å². The minimum Gasteiger partial charge on any atom is -0.322 e. The Balaban J connectivity index is 1.26. The Morgan fingerprint density at radius 1 is 1.15 bits per heavy atom. The van der Waals surface area contributed by atoms with Gasteiger partial charge in [-0.2, -0.15) is 0 Å². The van der Waals surface area contributed by atoms with E-state index in [0.717, 1.165) is 26.7 Å². The normalized spacial score (nSPS) is 15.0. The van der Waals surface area contributed by atoms with Crippen LogP contribution in [0, 0.1) is 5.82 Å². The van der Waals surface area contributed by atoms with Gasteiger partial charge in [-0.15, -0.1) is 11.3 Å². The second-order valence-electron chi connectivity index (χ2n) is 7.86. The SMILES string of the molecule is CC1Cc2ccccc2N1C(=O)CSc1nc2ccc(NC(=O)c3ccc(F)cc3)cc2s1. The first kappa shape index (κ1) is 21.6. The number of fused-ring (bicyclic) bond motifs is 2. The zero-order valence-corrected chi connectivity index (χ0v) is 19.4. The number of amides is 2. The third kappa shape index (κ3) is 4.49. The summed E-state index contributed by atoms with van der Waals surface area (Å²) in [5.41, 5.74) is 4.04. The van der Waals surface area contributed by atoms with Crippen LogP contribution >= 0.6 is 23.1 Å². The van der Waals surface area contributed by atoms with Crippen LogP contribution in [0.1, 0.15) is 22.8 Å². The lowest BCUT2D eigenvalue weighted by Gasteiger charge is -2.22. The minimum atomic E-state index is -0.385. The van der Waals surface area contributed by atoms with Crippen LogP contribution < -0.4 is 10.2 Å². The fourth-order valence-electron chi connectivity index (χ4n) is 3.99. The van der Waals surface area contributed by atoms with Gasteiger partial charge in [-0.05, 0) is 67.4 Å². The van der Waals surface area contributed by atoms with Gasteiger partial charge < -0.3 is 10.2 Å². The van der Waals surface area contributed by atoms with Crippen molar-refractivity contribution < 1.29 is 14.0 Å². The molecular weight excluding hydrogens is 457 g/mol. The van der Waals surface area contributed by atoms with Crippen molar-refractivity contribution in [2.24, 2.45) is 0 Å². The van der Waals surface area contributed by atoms with Crippen molar-refractivity contribution in [1.29, 1.82) is 0 Å². The Labute approximate surface area is 198 Å². The molecule has 1 atom stereocenters. The molecule has 166 valence electrons. The molecule has 5 rings (SSSR count). The Morgan fingerprint density at radius 3 is 2.76 bits per heavy atom. The third-order valence-electron chi connectivity index (χ3n) is 5.53. The highest BCUT2D eigenvalue weighted by atomic mass is 32.2. The van der Waals surface area contributed by atoms with Crippen LogP contribution in [0.3, 0.4) is 0 Å². The molecule has 1 aromatic heterocycles. The average molecular weight is 478 g/mol. The van der Waals surface area contributed by atoms with Crippen molar-refractivity contribution in [3.8, 4) is 0 Å². The Kier molecular flexibility index (Phi) is 5.86. The zero-order valence-electron chi connectivity index (χ0n) is 17.7. The highest BCUT2D eigenvalue weighted by Gasteiger charge is 2.30. The number of nitrogens with zero attached hydrogens (tertiary/aromatic N) is 2. The maximum atomic E-state index is 13.1. The second kappa shape index (κ2) is 8.96. The van der Waals surface area contributed by atoms with Gasteiger partial charge in [0.25, 0.3) is 5.91 Å². The summed E-state index contributed by atoms with van der Waals surface area (Å²) < 4.78 is 14.8. The highest BCUT2D eigenvalue weighted by molar-refractivity contribution is 8.01. The summed E-state index contributed by atoms with van der Waals surface area (Å²) in [4.78, 5) is 31.8. The summed E-state index contributed by atoms with van der Waals surface area (Å²) in [6.07, 6.45) is 0.875. The number of nitrogens with one attached hydrogen (secondary N) is 1. The minimum absolute atomic E-state index is 0.0731. The first-order valence-electron chi connectivity index (χ1n) is 10.5. The molecule has 1 aliphatic rings. The van der Waals surface area contributed by atoms with Crippen LogP contribution in [-0.4, -0.2) is 28.6 Å². The number of carbonyl (C=O) groups excluding carboxylic acids is 2. The number of benzene rings is 3. The first-order chi connectivity index (χ1) is 16.0. The maximum Gasteiger partial charge on any atom is 0.255 e. The maximum absolute atomic E-state index is 13.1. The molecule has 1 N–H and O–H groups in total. The van der Waals surface area contributed by atoms with Gasteiger partial charge in [-0.25, -0.2) is 9.37 Å². The van der Waals surface area contributed by atoms with Crippen molar-refractivity contribution in [3.05, 3.63) is 83.7 Å². The lowest BCUT2D eigenvalue weighted by molar-refractivity contribution is -0.116. The van der Waals surface area contributed by atoms with Crippen LogP contribution in [0.5, 0.6) is 0 Å². The number of para-hydroxylation sites is 1. The molecule has 3 aromatic carbocycles. The van der Waals surface area contributed by atoms with Gasteiger partial charge in [0.2, 0.25) is 5.91 Å². The molecule has 8 heteroatoms. The summed E-state index contributed by atoms with van der Waals surface area (Å²) >= 11 is 2.92. The number of anilines is 2. The van der Waals surface area contributed by atoms with E-state index >= 15 is 0 Å². The predicted octanol–water partition coefficient (Wildman–Crippen LogP) is 5.76. The van der Waals surface area contributed by atoms with Crippen molar-refractivity contribution in [2.75, 3.05) is 16.0 Å². The van der Waals surface area contributed by atoms with Gasteiger partial charge in [0.05, 0.1) is 16.0 Å². The van der Waals surface area contributed by atoms with Gasteiger partial charge in [-0.3, -0.25) is 9.59 Å². The number of carbonyl (C=O) groups is 2. The Hall–Kier alpha value is -3.23. The number of thioether (sulfide) groups is 1. The van der Waals surface area contributed by atoms with E-state index in [1.807, 2.05) is 35.2 Å². The number of hydrogen-bond donors (Lipinski definition) is 1. The molecule has 2 amide bonds. The van der Waals surface area contributed by atoms with E-state index in [4.69, 9.17) is 0 Å². The smallest absolute Gasteiger partial charge is 0.255 e. The van der Waals surface area contributed by atoms with Crippen molar-refractivity contribution in [2.45, 2.75) is 23.7 Å². The second-order valence-corrected chi connectivity index (χ2v) is 10.1. The lowest BCUT2D eigenvalue weighted by atomic mass is 10.1. The largest absolute Gasteiger partial charge is 0.322 e. The van der Waals surface area contributed by atoms with Gasteiger partial charge >= 0.3 is 0 Å². The molecule has 0 radical (unpaired) electrons. The molecule has 2 heterocycles. The Bertz CT molecular complexity index is 1350. The quantitative estimate of drug-likeness (QED) is 0.372. The topological polar surface area (TPSA) is 62.3 Å². The molecule has 0 fully saturated rings. The van der Waals surface area contributed by atoms with E-state index in [0.29, 0.717) is 17.0 Å². The van der Waals surface area contributed by atoms with E-state index in [1.165, 1.54) is 52.9 Å². The summed E-state index contributed by atoms with van der Waals surface area (Å²) in [6.45, 7) is 2.07. The van der Waals surface area contributed by atoms with Crippen LogP contribution in [0.2, 0.25) is 0 Å². The van der Waals surface area contributed by atoms with Crippen molar-refractivity contribution in [3.63, 3.8) is 0 Å². The molecule has 1 unspecified atom stereocenters. The summed E-state index contributed by atoms with van der Waals surface area (Å²) in [5, 5.41) is 2.83. The molecule has 0 saturated heterocycles. The molecule has 0 bridgehead atoms. The van der Waals surface area contributed by atoms with E-state index in [-0.39, 0.29) is 23.7 Å². The molecule has 0 spiro atoms. The highest BCUT2D eigenvalue weighted by Crippen LogP contribution is 2.35. The number of rotatable bonds is 5. The van der Waals surface area contributed by atoms with Gasteiger partial charge in [0.1, 0.15) is 5.82 Å². The number of aromatic nitrogens is 1. The number of hydrogen-bond acceptors (Lipinski definition) is 5. The number of thiazole rings is 1. The molecule has 0 aliphatic carbocycles. The predicted molar refractivity (Wildman–Crippen MR) is 132 cm³/mol. The van der Waals surface area contributed by atoms with Crippen LogP contribution in [0.15, 0.2) is 71.1 Å². The summed E-state index contributed by atoms with van der Waals surface area (Å²) in [6, 6.07) is 19.1. The molecule has 5 nitrogen and oxygen atoms in total. The van der Waals surface area contributed by atoms with Crippen LogP contribution in [0.25, 0.3) is 10.2 Å². The Morgan fingerprint density at radius 2 is 1.94 bits per heavy atom. The molecular formula is C25H20FN3O2S2. The monoisotopic (exact) mass is 477 g/mol. The van der Waals surface area contributed by atoms with E-state index < -0.39 is 0 Å². The van der Waals surface area contributed by atoms with Gasteiger partial charge in [0, 0.05) is 23.0 Å². The standard InChI is InChI=1S/C25H20FN3O2S2/c1-15-12-17-4-2-3-5-21(17)29(15)23(30)14-32-25-28-20-11-10-19(13-22(20)33-25)27-24(31)16-6-8-18(26)9-7-16/h2-11,13,15H,12,14H2,1H3,(H,27,31). The summed E-state index contributed by atoms with van der Waals surface area (Å²) in [5.74, 6) is -0.306. The van der Waals surface area contributed by atoms with E-state index in [9.17, 15) is 14.0 Å². The van der Waals surface area contributed by atoms with Crippen molar-refractivity contribution in [1.82, 2.24) is 4.98 Å². The molecule has 1 aliphatic heterocycles. The molecule has 4 aromatic rings. The zero-order chi connectivity index (χ0) is 22.9.